The van der Waals surface area contributed by atoms with Gasteiger partial charge in [-0.2, -0.15) is 0 Å². The van der Waals surface area contributed by atoms with Gasteiger partial charge in [-0.05, 0) is 104 Å². The van der Waals surface area contributed by atoms with E-state index in [4.69, 9.17) is 19.3 Å². The largest absolute Gasteiger partial charge is 0.489 e. The van der Waals surface area contributed by atoms with Crippen molar-refractivity contribution in [1.29, 1.82) is 0 Å². The Labute approximate surface area is 280 Å². The predicted octanol–water partition coefficient (Wildman–Crippen LogP) is 4.80. The summed E-state index contributed by atoms with van der Waals surface area (Å²) in [5.74, 6) is 0.0588. The molecule has 0 bridgehead atoms. The summed E-state index contributed by atoms with van der Waals surface area (Å²) in [5.41, 5.74) is 4.14. The van der Waals surface area contributed by atoms with E-state index in [0.29, 0.717) is 70.0 Å². The SMILES string of the molecule is C=CC(=O)OCCCCO.Cc1cc(OC(=O)c2ccc(COc3ccc(B(O)O)cc3)cc2)c(C)c(C)c1OC(=O)c1ccccc1. The highest BCUT2D eigenvalue weighted by Gasteiger charge is 2.19. The van der Waals surface area contributed by atoms with Crippen LogP contribution in [0.15, 0.2) is 97.6 Å². The first-order chi connectivity index (χ1) is 23.0. The molecular weight excluding hydrogens is 615 g/mol. The molecule has 4 aromatic carbocycles. The predicted molar refractivity (Wildman–Crippen MR) is 182 cm³/mol. The van der Waals surface area contributed by atoms with Crippen LogP contribution in [0, 0.1) is 20.8 Å². The number of carbonyl (C=O) groups excluding carboxylic acids is 3. The zero-order valence-corrected chi connectivity index (χ0v) is 27.2. The number of hydrogen-bond donors (Lipinski definition) is 3. The Kier molecular flexibility index (Phi) is 14.6. The standard InChI is InChI=1S/C30H27BO7.C7H12O3/c1-19-17-27(20(2)21(3)28(19)38-30(33)23-7-5-4-6-8-23)37-29(32)24-11-9-22(10-12-24)18-36-26-15-13-25(14-16-26)31(34)35;1-2-7(9)10-6-4-3-5-8/h4-17,34-35H,18H2,1-3H3;2,8H,1,3-6H2. The van der Waals surface area contributed by atoms with E-state index in [9.17, 15) is 24.4 Å². The first-order valence-corrected chi connectivity index (χ1v) is 15.2. The van der Waals surface area contributed by atoms with Gasteiger partial charge in [-0.1, -0.05) is 49.0 Å². The molecular formula is C37H39BO10. The van der Waals surface area contributed by atoms with Crippen molar-refractivity contribution in [2.45, 2.75) is 40.2 Å². The van der Waals surface area contributed by atoms with Gasteiger partial charge in [0.05, 0.1) is 17.7 Å². The van der Waals surface area contributed by atoms with E-state index >= 15 is 0 Å². The van der Waals surface area contributed by atoms with E-state index in [2.05, 4.69) is 11.3 Å². The molecule has 4 rings (SSSR count). The average molecular weight is 655 g/mol. The number of carbonyl (C=O) groups is 3. The third-order valence-electron chi connectivity index (χ3n) is 7.12. The van der Waals surface area contributed by atoms with Crippen molar-refractivity contribution < 1.29 is 48.5 Å². The number of esters is 3. The molecule has 0 unspecified atom stereocenters. The Hall–Kier alpha value is -5.23. The minimum absolute atomic E-state index is 0.144. The summed E-state index contributed by atoms with van der Waals surface area (Å²) in [5, 5.41) is 26.7. The Morgan fingerprint density at radius 2 is 1.42 bits per heavy atom. The average Bonchev–Trinajstić information content (AvgIpc) is 3.10. The van der Waals surface area contributed by atoms with E-state index in [0.717, 1.165) is 11.6 Å². The minimum atomic E-state index is -1.52. The summed E-state index contributed by atoms with van der Waals surface area (Å²) < 4.78 is 21.7. The van der Waals surface area contributed by atoms with Crippen LogP contribution in [0.2, 0.25) is 0 Å². The van der Waals surface area contributed by atoms with Crippen LogP contribution < -0.4 is 19.7 Å². The Morgan fingerprint density at radius 3 is 2.02 bits per heavy atom. The summed E-state index contributed by atoms with van der Waals surface area (Å²) in [6.07, 6.45) is 2.50. The van der Waals surface area contributed by atoms with Gasteiger partial charge in [0.25, 0.3) is 0 Å². The molecule has 0 spiro atoms. The summed E-state index contributed by atoms with van der Waals surface area (Å²) >= 11 is 0. The van der Waals surface area contributed by atoms with Gasteiger partial charge in [-0.15, -0.1) is 0 Å². The molecule has 3 N–H and O–H groups in total. The second-order valence-electron chi connectivity index (χ2n) is 10.6. The van der Waals surface area contributed by atoms with Crippen LogP contribution in [0.25, 0.3) is 0 Å². The fourth-order valence-corrected chi connectivity index (χ4v) is 4.25. The van der Waals surface area contributed by atoms with Crippen molar-refractivity contribution in [3.63, 3.8) is 0 Å². The molecule has 0 amide bonds. The normalized spacial score (nSPS) is 10.2. The van der Waals surface area contributed by atoms with Gasteiger partial charge >= 0.3 is 25.0 Å². The first-order valence-electron chi connectivity index (χ1n) is 15.2. The molecule has 10 nitrogen and oxygen atoms in total. The van der Waals surface area contributed by atoms with Gasteiger partial charge in [-0.25, -0.2) is 14.4 Å². The second-order valence-corrected chi connectivity index (χ2v) is 10.6. The minimum Gasteiger partial charge on any atom is -0.489 e. The van der Waals surface area contributed by atoms with Crippen molar-refractivity contribution in [2.24, 2.45) is 0 Å². The molecule has 48 heavy (non-hydrogen) atoms. The number of ether oxygens (including phenoxy) is 4. The van der Waals surface area contributed by atoms with Crippen LogP contribution in [0.3, 0.4) is 0 Å². The van der Waals surface area contributed by atoms with Crippen LogP contribution in [-0.2, 0) is 16.1 Å². The molecule has 0 aliphatic heterocycles. The molecule has 0 aromatic heterocycles. The van der Waals surface area contributed by atoms with Crippen molar-refractivity contribution in [3.05, 3.63) is 131 Å². The zero-order chi connectivity index (χ0) is 35.1. The molecule has 0 fully saturated rings. The third-order valence-corrected chi connectivity index (χ3v) is 7.12. The Bertz CT molecular complexity index is 1670. The molecule has 0 radical (unpaired) electrons. The number of aliphatic hydroxyl groups is 1. The number of benzene rings is 4. The molecule has 0 atom stereocenters. The van der Waals surface area contributed by atoms with E-state index in [1.54, 1.807) is 85.8 Å². The zero-order valence-electron chi connectivity index (χ0n) is 27.2. The molecule has 0 aliphatic rings. The van der Waals surface area contributed by atoms with Gasteiger partial charge in [0.1, 0.15) is 23.9 Å². The Morgan fingerprint density at radius 1 is 0.792 bits per heavy atom. The maximum Gasteiger partial charge on any atom is 0.488 e. The molecule has 11 heteroatoms. The summed E-state index contributed by atoms with van der Waals surface area (Å²) in [6, 6.07) is 23.8. The van der Waals surface area contributed by atoms with Gasteiger partial charge in [0, 0.05) is 12.7 Å². The van der Waals surface area contributed by atoms with Gasteiger partial charge in [0.15, 0.2) is 0 Å². The third kappa shape index (κ3) is 11.2. The lowest BCUT2D eigenvalue weighted by Crippen LogP contribution is -2.29. The maximum atomic E-state index is 12.8. The second kappa shape index (κ2) is 18.8. The first kappa shape index (κ1) is 37.2. The monoisotopic (exact) mass is 654 g/mol. The van der Waals surface area contributed by atoms with Crippen LogP contribution in [-0.4, -0.2) is 53.4 Å². The lowest BCUT2D eigenvalue weighted by molar-refractivity contribution is -0.137. The number of unbranched alkanes of at least 4 members (excludes halogenated alkanes) is 1. The molecule has 0 heterocycles. The maximum absolute atomic E-state index is 12.8. The van der Waals surface area contributed by atoms with E-state index in [1.165, 1.54) is 0 Å². The number of rotatable bonds is 13. The lowest BCUT2D eigenvalue weighted by atomic mass is 9.80. The molecule has 250 valence electrons. The van der Waals surface area contributed by atoms with Gasteiger partial charge < -0.3 is 34.1 Å². The molecule has 0 saturated carbocycles. The highest BCUT2D eigenvalue weighted by Crippen LogP contribution is 2.34. The highest BCUT2D eigenvalue weighted by molar-refractivity contribution is 6.58. The molecule has 4 aromatic rings. The van der Waals surface area contributed by atoms with Crippen molar-refractivity contribution in [2.75, 3.05) is 13.2 Å². The van der Waals surface area contributed by atoms with Crippen LogP contribution in [0.5, 0.6) is 17.2 Å². The summed E-state index contributed by atoms with van der Waals surface area (Å²) in [4.78, 5) is 35.7. The Balaban J connectivity index is 0.000000542. The van der Waals surface area contributed by atoms with Gasteiger partial charge in [-0.3, -0.25) is 0 Å². The summed E-state index contributed by atoms with van der Waals surface area (Å²) in [7, 11) is -1.52. The quantitative estimate of drug-likeness (QED) is 0.0604. The van der Waals surface area contributed by atoms with Crippen LogP contribution in [0.4, 0.5) is 0 Å². The number of hydrogen-bond acceptors (Lipinski definition) is 10. The summed E-state index contributed by atoms with van der Waals surface area (Å²) in [6.45, 7) is 9.45. The van der Waals surface area contributed by atoms with Crippen LogP contribution >= 0.6 is 0 Å². The lowest BCUT2D eigenvalue weighted by Gasteiger charge is -2.16. The van der Waals surface area contributed by atoms with Crippen LogP contribution in [0.1, 0.15) is 55.8 Å². The van der Waals surface area contributed by atoms with Crippen molar-refractivity contribution in [3.8, 4) is 17.2 Å². The fraction of sp³-hybridized carbons (Fsp3) is 0.216. The topological polar surface area (TPSA) is 149 Å². The highest BCUT2D eigenvalue weighted by atomic mass is 16.5. The van der Waals surface area contributed by atoms with Crippen molar-refractivity contribution in [1.82, 2.24) is 0 Å². The van der Waals surface area contributed by atoms with E-state index < -0.39 is 25.0 Å². The van der Waals surface area contributed by atoms with E-state index in [1.807, 2.05) is 19.9 Å². The molecule has 0 aliphatic carbocycles. The molecule has 0 saturated heterocycles. The van der Waals surface area contributed by atoms with Crippen molar-refractivity contribution >= 4 is 30.5 Å². The van der Waals surface area contributed by atoms with E-state index in [-0.39, 0.29) is 13.2 Å². The fourth-order valence-electron chi connectivity index (χ4n) is 4.25. The van der Waals surface area contributed by atoms with Gasteiger partial charge in [0.2, 0.25) is 0 Å². The number of aliphatic hydroxyl groups excluding tert-OH is 1. The smallest absolute Gasteiger partial charge is 0.488 e. The number of aryl methyl sites for hydroxylation is 1.